The molecule has 1 aromatic heterocycles. The molecule has 2 saturated heterocycles. The van der Waals surface area contributed by atoms with Gasteiger partial charge < -0.3 is 14.9 Å². The molecule has 2 aliphatic heterocycles. The number of carbonyl (C=O) groups is 2. The van der Waals surface area contributed by atoms with Crippen LogP contribution >= 0.6 is 11.3 Å². The molecule has 7 heteroatoms. The monoisotopic (exact) mass is 349 g/mol. The Morgan fingerprint density at radius 2 is 2.17 bits per heavy atom. The van der Waals surface area contributed by atoms with Crippen molar-refractivity contribution in [1.82, 2.24) is 9.80 Å². The molecule has 0 radical (unpaired) electrons. The lowest BCUT2D eigenvalue weighted by molar-refractivity contribution is -0.141. The second-order valence-corrected chi connectivity index (χ2v) is 8.15. The van der Waals surface area contributed by atoms with E-state index < -0.39 is 0 Å². The number of rotatable bonds is 2. The third-order valence-corrected chi connectivity index (χ3v) is 6.53. The van der Waals surface area contributed by atoms with Crippen LogP contribution in [-0.2, 0) is 9.59 Å². The Hall–Kier alpha value is -1.44. The summed E-state index contributed by atoms with van der Waals surface area (Å²) in [7, 11) is 1.99. The van der Waals surface area contributed by atoms with E-state index in [1.165, 1.54) is 0 Å². The summed E-state index contributed by atoms with van der Waals surface area (Å²) in [6.07, 6.45) is 1.77. The van der Waals surface area contributed by atoms with Crippen LogP contribution in [-0.4, -0.2) is 71.6 Å². The lowest BCUT2D eigenvalue weighted by atomic mass is 9.81. The molecular formula is C17H23N3O3S. The number of anilines is 1. The maximum Gasteiger partial charge on any atom is 0.241 e. The zero-order valence-electron chi connectivity index (χ0n) is 13.9. The molecule has 3 heterocycles. The summed E-state index contributed by atoms with van der Waals surface area (Å²) in [5, 5.41) is 13.4. The molecule has 1 unspecified atom stereocenters. The van der Waals surface area contributed by atoms with Gasteiger partial charge in [0.1, 0.15) is 0 Å². The van der Waals surface area contributed by atoms with Crippen LogP contribution in [0.5, 0.6) is 0 Å². The van der Waals surface area contributed by atoms with Gasteiger partial charge in [0.15, 0.2) is 0 Å². The van der Waals surface area contributed by atoms with Crippen LogP contribution in [0.4, 0.5) is 5.69 Å². The number of thiophene rings is 1. The molecule has 130 valence electrons. The predicted molar refractivity (Wildman–Crippen MR) is 92.0 cm³/mol. The predicted octanol–water partition coefficient (Wildman–Crippen LogP) is 0.768. The maximum absolute atomic E-state index is 12.6. The smallest absolute Gasteiger partial charge is 0.241 e. The Morgan fingerprint density at radius 1 is 1.38 bits per heavy atom. The summed E-state index contributed by atoms with van der Waals surface area (Å²) in [5.74, 6) is 0.275. The molecule has 3 aliphatic rings. The van der Waals surface area contributed by atoms with E-state index in [0.29, 0.717) is 32.5 Å². The van der Waals surface area contributed by atoms with Crippen molar-refractivity contribution in [3.05, 3.63) is 16.8 Å². The third-order valence-electron chi connectivity index (χ3n) is 5.86. The SMILES string of the molecule is CN1CC(=O)N(c2ccsc2)CC12CCN(C(=O)C1CC(O)C1)C2. The number of aliphatic hydroxyl groups is 1. The van der Waals surface area contributed by atoms with Crippen LogP contribution in [0.3, 0.4) is 0 Å². The highest BCUT2D eigenvalue weighted by Gasteiger charge is 2.50. The summed E-state index contributed by atoms with van der Waals surface area (Å²) in [6, 6.07) is 1.98. The number of likely N-dealkylation sites (N-methyl/N-ethyl adjacent to an activating group) is 1. The average Bonchev–Trinajstić information content (AvgIpc) is 3.18. The number of hydrogen-bond donors (Lipinski definition) is 1. The maximum atomic E-state index is 12.6. The number of hydrogen-bond acceptors (Lipinski definition) is 5. The van der Waals surface area contributed by atoms with E-state index in [9.17, 15) is 14.7 Å². The van der Waals surface area contributed by atoms with Gasteiger partial charge in [-0.25, -0.2) is 0 Å². The average molecular weight is 349 g/mol. The molecule has 1 aromatic rings. The van der Waals surface area contributed by atoms with Gasteiger partial charge in [0.2, 0.25) is 11.8 Å². The van der Waals surface area contributed by atoms with Crippen molar-refractivity contribution < 1.29 is 14.7 Å². The number of amides is 2. The fourth-order valence-electron chi connectivity index (χ4n) is 4.14. The molecule has 1 spiro atoms. The standard InChI is InChI=1S/C17H23N3O3S/c1-18-8-15(22)20(13-2-5-24-9-13)11-17(18)3-4-19(10-17)16(23)12-6-14(21)7-12/h2,5,9,12,14,21H,3-4,6-8,10-11H2,1H3. The normalized spacial score (nSPS) is 34.0. The minimum Gasteiger partial charge on any atom is -0.393 e. The molecular weight excluding hydrogens is 326 g/mol. The molecule has 1 aliphatic carbocycles. The van der Waals surface area contributed by atoms with Gasteiger partial charge >= 0.3 is 0 Å². The highest BCUT2D eigenvalue weighted by molar-refractivity contribution is 7.08. The molecule has 1 atom stereocenters. The van der Waals surface area contributed by atoms with Crippen molar-refractivity contribution in [2.75, 3.05) is 38.1 Å². The van der Waals surface area contributed by atoms with E-state index >= 15 is 0 Å². The third kappa shape index (κ3) is 2.55. The van der Waals surface area contributed by atoms with Gasteiger partial charge in [0.25, 0.3) is 0 Å². The lowest BCUT2D eigenvalue weighted by Gasteiger charge is -2.46. The molecule has 6 nitrogen and oxygen atoms in total. The quantitative estimate of drug-likeness (QED) is 0.857. The minimum atomic E-state index is -0.306. The number of piperazine rings is 1. The summed E-state index contributed by atoms with van der Waals surface area (Å²) in [5.41, 5.74) is 0.804. The van der Waals surface area contributed by atoms with Crippen LogP contribution in [0.15, 0.2) is 16.8 Å². The van der Waals surface area contributed by atoms with Crippen LogP contribution < -0.4 is 4.90 Å². The Morgan fingerprint density at radius 3 is 2.83 bits per heavy atom. The van der Waals surface area contributed by atoms with Crippen molar-refractivity contribution in [3.63, 3.8) is 0 Å². The summed E-state index contributed by atoms with van der Waals surface area (Å²) < 4.78 is 0. The van der Waals surface area contributed by atoms with E-state index in [-0.39, 0.29) is 29.4 Å². The minimum absolute atomic E-state index is 0.0151. The second kappa shape index (κ2) is 5.82. The Labute approximate surface area is 145 Å². The fraction of sp³-hybridized carbons (Fsp3) is 0.647. The zero-order valence-corrected chi connectivity index (χ0v) is 14.7. The molecule has 1 N–H and O–H groups in total. The molecule has 0 bridgehead atoms. The second-order valence-electron chi connectivity index (χ2n) is 7.37. The van der Waals surface area contributed by atoms with Gasteiger partial charge in [-0.05, 0) is 37.8 Å². The zero-order chi connectivity index (χ0) is 16.9. The number of aliphatic hydroxyl groups excluding tert-OH is 1. The number of nitrogens with zero attached hydrogens (tertiary/aromatic N) is 3. The number of carbonyl (C=O) groups excluding carboxylic acids is 2. The van der Waals surface area contributed by atoms with Crippen molar-refractivity contribution in [2.45, 2.75) is 30.9 Å². The molecule has 3 fully saturated rings. The largest absolute Gasteiger partial charge is 0.393 e. The van der Waals surface area contributed by atoms with Gasteiger partial charge in [-0.3, -0.25) is 14.5 Å². The summed E-state index contributed by atoms with van der Waals surface area (Å²) in [6.45, 7) is 2.43. The van der Waals surface area contributed by atoms with Crippen LogP contribution in [0.2, 0.25) is 0 Å². The molecule has 0 aromatic carbocycles. The van der Waals surface area contributed by atoms with Crippen LogP contribution in [0.25, 0.3) is 0 Å². The van der Waals surface area contributed by atoms with E-state index in [4.69, 9.17) is 0 Å². The van der Waals surface area contributed by atoms with Gasteiger partial charge in [0, 0.05) is 30.9 Å². The summed E-state index contributed by atoms with van der Waals surface area (Å²) >= 11 is 1.59. The lowest BCUT2D eigenvalue weighted by Crippen LogP contribution is -2.64. The highest BCUT2D eigenvalue weighted by atomic mass is 32.1. The first-order valence-corrected chi connectivity index (χ1v) is 9.43. The van der Waals surface area contributed by atoms with E-state index in [2.05, 4.69) is 4.90 Å². The summed E-state index contributed by atoms with van der Waals surface area (Å²) in [4.78, 5) is 31.0. The highest BCUT2D eigenvalue weighted by Crippen LogP contribution is 2.36. The van der Waals surface area contributed by atoms with Crippen molar-refractivity contribution in [2.24, 2.45) is 5.92 Å². The molecule has 2 amide bonds. The Bertz CT molecular complexity index is 644. The first kappa shape index (κ1) is 16.1. The Balaban J connectivity index is 1.50. The van der Waals surface area contributed by atoms with Crippen LogP contribution in [0, 0.1) is 5.92 Å². The van der Waals surface area contributed by atoms with E-state index in [1.54, 1.807) is 11.3 Å². The first-order valence-electron chi connectivity index (χ1n) is 8.49. The van der Waals surface area contributed by atoms with E-state index in [1.807, 2.05) is 33.7 Å². The topological polar surface area (TPSA) is 64.1 Å². The number of likely N-dealkylation sites (tertiary alicyclic amines) is 1. The molecule has 1 saturated carbocycles. The fourth-order valence-corrected chi connectivity index (χ4v) is 4.78. The first-order chi connectivity index (χ1) is 11.5. The van der Waals surface area contributed by atoms with Crippen LogP contribution in [0.1, 0.15) is 19.3 Å². The van der Waals surface area contributed by atoms with Crippen molar-refractivity contribution >= 4 is 28.8 Å². The van der Waals surface area contributed by atoms with E-state index in [0.717, 1.165) is 18.7 Å². The Kier molecular flexibility index (Phi) is 3.89. The van der Waals surface area contributed by atoms with Gasteiger partial charge in [0.05, 0.1) is 23.9 Å². The van der Waals surface area contributed by atoms with Crippen molar-refractivity contribution in [3.8, 4) is 0 Å². The van der Waals surface area contributed by atoms with Gasteiger partial charge in [-0.15, -0.1) is 0 Å². The van der Waals surface area contributed by atoms with Gasteiger partial charge in [-0.2, -0.15) is 11.3 Å². The molecule has 4 rings (SSSR count). The molecule has 24 heavy (non-hydrogen) atoms. The van der Waals surface area contributed by atoms with Crippen molar-refractivity contribution in [1.29, 1.82) is 0 Å². The van der Waals surface area contributed by atoms with Gasteiger partial charge in [-0.1, -0.05) is 0 Å².